The minimum atomic E-state index is -1.47. The van der Waals surface area contributed by atoms with Crippen LogP contribution in [0.3, 0.4) is 0 Å². The molecule has 2 N–H and O–H groups in total. The molecule has 27 heteroatoms. The Bertz CT molecular complexity index is 2020. The SMILES string of the molecule is CC(CSCCC(=O)[O-])C(=O)OCCN1C(=O)C2=C(CCCC2)C1=O.CC1=C(C)C(=O)N(CC(COC(=O)CCC(=O)[O-])OC(=O)CCC(=O)[O-])C1=O.CC1=C(C)C(=O)N(CC(O)CO)C1=O.[Na+].[Na+].[Na+]. The zero-order valence-corrected chi connectivity index (χ0v) is 47.6. The van der Waals surface area contributed by atoms with E-state index in [1.54, 1.807) is 20.8 Å². The Kier molecular flexibility index (Phi) is 33.6. The number of carbonyl (C=O) groups excluding carboxylic acids is 12. The number of nitrogens with zero attached hydrogens (tertiary/aromatic N) is 3. The molecule has 0 bridgehead atoms. The number of thioether (sulfide) groups is 1. The van der Waals surface area contributed by atoms with Crippen LogP contribution in [0.25, 0.3) is 0 Å². The van der Waals surface area contributed by atoms with Crippen LogP contribution in [0.5, 0.6) is 0 Å². The molecule has 0 aromatic heterocycles. The Hall–Kier alpha value is -3.27. The molecular formula is C43H54N3Na3O20S. The molecule has 6 amide bonds. The molecule has 0 saturated carbocycles. The molecule has 0 fully saturated rings. The molecule has 3 atom stereocenters. The molecule has 0 spiro atoms. The number of carbonyl (C=O) groups is 12. The summed E-state index contributed by atoms with van der Waals surface area (Å²) >= 11 is 1.34. The standard InChI is InChI=1S/C17H21NO10.C17H23NO6S.C9H13NO4.3Na/c1-9-10(2)17(26)18(16(9)25)7-11(28-15(24)6-4-13(21)22)8-27-14(23)5-3-12(19)20;1-11(10-25-9-6-14(19)20)17(23)24-8-7-18-15(21)12-4-2-3-5-13(12)16(18)22;1-5-6(2)9(14)10(8(5)13)3-7(12)4-11;;;/h11H,3-8H2,1-2H3,(H,19,20)(H,21,22);11H,2-10H2,1H3,(H,19,20);7,11-12H,3-4H2,1-2H3;;;/q;;;3*+1/p-3. The normalized spacial score (nSPS) is 16.4. The fourth-order valence-corrected chi connectivity index (χ4v) is 7.30. The maximum atomic E-state index is 12.2. The Balaban J connectivity index is 0. The van der Waals surface area contributed by atoms with E-state index in [1.807, 2.05) is 0 Å². The Morgan fingerprint density at radius 3 is 1.47 bits per heavy atom. The second-order valence-corrected chi connectivity index (χ2v) is 16.7. The first-order valence-electron chi connectivity index (χ1n) is 21.1. The average Bonchev–Trinajstić information content (AvgIpc) is 3.72. The number of imide groups is 3. The number of β-amino-alcohol motifs (C(OH)–C–C–N with tert-alkyl or cyclic N) is 1. The number of ether oxygens (including phenoxy) is 3. The van der Waals surface area contributed by atoms with Crippen LogP contribution in [0.15, 0.2) is 33.4 Å². The van der Waals surface area contributed by atoms with Gasteiger partial charge in [0.05, 0.1) is 51.1 Å². The molecule has 70 heavy (non-hydrogen) atoms. The third kappa shape index (κ3) is 21.8. The van der Waals surface area contributed by atoms with Gasteiger partial charge in [0.2, 0.25) is 0 Å². The summed E-state index contributed by atoms with van der Waals surface area (Å²) in [6, 6.07) is 0. The van der Waals surface area contributed by atoms with E-state index in [-0.39, 0.29) is 155 Å². The molecule has 4 aliphatic rings. The first-order chi connectivity index (χ1) is 31.4. The number of esters is 3. The number of carboxylic acids is 3. The fourth-order valence-electron chi connectivity index (χ4n) is 6.34. The molecule has 0 saturated heterocycles. The number of aliphatic hydroxyl groups excluding tert-OH is 2. The second kappa shape index (κ2) is 34.2. The number of amides is 6. The monoisotopic (exact) mass is 1030 g/mol. The third-order valence-electron chi connectivity index (χ3n) is 10.4. The van der Waals surface area contributed by atoms with E-state index in [1.165, 1.54) is 30.5 Å². The van der Waals surface area contributed by atoms with Crippen LogP contribution in [-0.4, -0.2) is 159 Å². The van der Waals surface area contributed by atoms with Crippen LogP contribution in [-0.2, 0) is 71.7 Å². The van der Waals surface area contributed by atoms with Gasteiger partial charge >= 0.3 is 107 Å². The summed E-state index contributed by atoms with van der Waals surface area (Å²) in [4.78, 5) is 141. The van der Waals surface area contributed by atoms with Crippen molar-refractivity contribution in [2.45, 2.75) is 105 Å². The number of rotatable bonds is 23. The van der Waals surface area contributed by atoms with Gasteiger partial charge in [0.1, 0.15) is 13.2 Å². The van der Waals surface area contributed by atoms with Gasteiger partial charge in [-0.15, -0.1) is 0 Å². The van der Waals surface area contributed by atoms with Crippen molar-refractivity contribution in [3.63, 3.8) is 0 Å². The van der Waals surface area contributed by atoms with Gasteiger partial charge in [-0.1, -0.05) is 6.92 Å². The molecule has 370 valence electrons. The van der Waals surface area contributed by atoms with Crippen LogP contribution < -0.4 is 104 Å². The van der Waals surface area contributed by atoms with Gasteiger partial charge in [0.15, 0.2) is 6.10 Å². The predicted molar refractivity (Wildman–Crippen MR) is 222 cm³/mol. The summed E-state index contributed by atoms with van der Waals surface area (Å²) in [7, 11) is 0. The number of aliphatic hydroxyl groups is 2. The maximum Gasteiger partial charge on any atom is 1.00 e. The number of carboxylic acid groups (broad SMARTS) is 3. The summed E-state index contributed by atoms with van der Waals surface area (Å²) < 4.78 is 15.0. The van der Waals surface area contributed by atoms with Gasteiger partial charge in [-0.3, -0.25) is 57.9 Å². The van der Waals surface area contributed by atoms with Crippen molar-refractivity contribution in [3.05, 3.63) is 33.4 Å². The van der Waals surface area contributed by atoms with Crippen LogP contribution in [0.1, 0.15) is 92.4 Å². The predicted octanol–water partition coefficient (Wildman–Crippen LogP) is -12.5. The van der Waals surface area contributed by atoms with E-state index in [0.717, 1.165) is 22.6 Å². The molecule has 3 aliphatic heterocycles. The van der Waals surface area contributed by atoms with Gasteiger partial charge in [-0.25, -0.2) is 0 Å². The van der Waals surface area contributed by atoms with Crippen LogP contribution in [0.4, 0.5) is 0 Å². The fraction of sp³-hybridized carbons (Fsp3) is 0.581. The molecule has 3 heterocycles. The molecule has 23 nitrogen and oxygen atoms in total. The van der Waals surface area contributed by atoms with E-state index in [2.05, 4.69) is 0 Å². The van der Waals surface area contributed by atoms with Gasteiger partial charge < -0.3 is 54.1 Å². The topological polar surface area (TPSA) is 352 Å². The van der Waals surface area contributed by atoms with Gasteiger partial charge in [-0.2, -0.15) is 11.8 Å². The second-order valence-electron chi connectivity index (χ2n) is 15.5. The van der Waals surface area contributed by atoms with E-state index >= 15 is 0 Å². The van der Waals surface area contributed by atoms with Crippen molar-refractivity contribution >= 4 is 83.0 Å². The average molecular weight is 1030 g/mol. The quantitative estimate of drug-likeness (QED) is 0.0315. The third-order valence-corrected chi connectivity index (χ3v) is 11.7. The minimum absolute atomic E-state index is 0. The summed E-state index contributed by atoms with van der Waals surface area (Å²) in [5.74, 6) is -8.34. The Labute approximate surface area is 474 Å². The van der Waals surface area contributed by atoms with Gasteiger partial charge in [0.25, 0.3) is 35.4 Å². The van der Waals surface area contributed by atoms with Gasteiger partial charge in [-0.05, 0) is 78.4 Å². The first-order valence-corrected chi connectivity index (χ1v) is 22.2. The summed E-state index contributed by atoms with van der Waals surface area (Å²) in [5, 5.41) is 48.8. The zero-order chi connectivity index (χ0) is 50.7. The van der Waals surface area contributed by atoms with Crippen molar-refractivity contribution in [1.82, 2.24) is 14.7 Å². The van der Waals surface area contributed by atoms with Crippen molar-refractivity contribution < 1.29 is 186 Å². The van der Waals surface area contributed by atoms with Crippen molar-refractivity contribution in [1.29, 1.82) is 0 Å². The maximum absolute atomic E-state index is 12.2. The van der Waals surface area contributed by atoms with Gasteiger partial charge in [0, 0.05) is 57.1 Å². The van der Waals surface area contributed by atoms with Crippen molar-refractivity contribution in [2.24, 2.45) is 5.92 Å². The molecule has 0 aromatic rings. The van der Waals surface area contributed by atoms with Crippen molar-refractivity contribution in [3.8, 4) is 0 Å². The largest absolute Gasteiger partial charge is 1.00 e. The smallest absolute Gasteiger partial charge is 0.550 e. The molecular weight excluding hydrogens is 980 g/mol. The van der Waals surface area contributed by atoms with Crippen molar-refractivity contribution in [2.75, 3.05) is 51.0 Å². The Morgan fingerprint density at radius 2 is 1.04 bits per heavy atom. The van der Waals surface area contributed by atoms with Crippen LogP contribution in [0, 0.1) is 5.92 Å². The first kappa shape index (κ1) is 68.8. The summed E-state index contributed by atoms with van der Waals surface area (Å²) in [6.07, 6.45) is -1.39. The minimum Gasteiger partial charge on any atom is -0.550 e. The molecule has 0 radical (unpaired) electrons. The van der Waals surface area contributed by atoms with E-state index in [9.17, 15) is 72.9 Å². The molecule has 4 rings (SSSR count). The van der Waals surface area contributed by atoms with E-state index < -0.39 is 105 Å². The zero-order valence-electron chi connectivity index (χ0n) is 40.7. The molecule has 0 aromatic carbocycles. The van der Waals surface area contributed by atoms with Crippen LogP contribution >= 0.6 is 11.8 Å². The van der Waals surface area contributed by atoms with Crippen LogP contribution in [0.2, 0.25) is 0 Å². The summed E-state index contributed by atoms with van der Waals surface area (Å²) in [6.45, 7) is 6.20. The number of aliphatic carboxylic acids is 3. The number of hydrogen-bond donors (Lipinski definition) is 2. The number of hydrogen-bond acceptors (Lipinski definition) is 21. The summed E-state index contributed by atoms with van der Waals surface area (Å²) in [5.41, 5.74) is 2.50. The van der Waals surface area contributed by atoms with E-state index in [0.29, 0.717) is 46.6 Å². The van der Waals surface area contributed by atoms with E-state index in [4.69, 9.17) is 24.4 Å². The Morgan fingerprint density at radius 1 is 0.614 bits per heavy atom. The molecule has 3 unspecified atom stereocenters. The molecule has 1 aliphatic carbocycles.